The highest BCUT2D eigenvalue weighted by Gasteiger charge is 2.20. The minimum Gasteiger partial charge on any atom is -0.493 e. The Morgan fingerprint density at radius 3 is 1.69 bits per heavy atom. The lowest BCUT2D eigenvalue weighted by atomic mass is 10.1. The lowest BCUT2D eigenvalue weighted by Crippen LogP contribution is -2.39. The average Bonchev–Trinajstić information content (AvgIpc) is 2.82. The van der Waals surface area contributed by atoms with E-state index >= 15 is 0 Å². The standard InChI is InChI=1S/C25H23N5O5/c1-16-12-21(31)29(24(34)19(16)14-26)10-8-28(23(33)18-6-4-3-5-7-18)9-11-30-22(32)13-17(2)20(15-27)25(30)35/h3-7,12-13,34-35H,8-11H2,1-2H3. The van der Waals surface area contributed by atoms with Crippen LogP contribution in [0.25, 0.3) is 0 Å². The van der Waals surface area contributed by atoms with E-state index < -0.39 is 28.8 Å². The summed E-state index contributed by atoms with van der Waals surface area (Å²) in [6.45, 7) is 2.77. The van der Waals surface area contributed by atoms with Crippen LogP contribution in [-0.4, -0.2) is 43.2 Å². The molecule has 2 aromatic heterocycles. The summed E-state index contributed by atoms with van der Waals surface area (Å²) in [5.41, 5.74) is -0.0911. The SMILES string of the molecule is Cc1cc(=O)n(CCN(CCn2c(O)c(C#N)c(C)cc2=O)C(=O)c2ccccc2)c(O)c1C#N. The lowest BCUT2D eigenvalue weighted by Gasteiger charge is -2.24. The maximum absolute atomic E-state index is 13.2. The van der Waals surface area contributed by atoms with E-state index in [9.17, 15) is 35.1 Å². The molecule has 0 saturated carbocycles. The number of hydrogen-bond acceptors (Lipinski definition) is 7. The van der Waals surface area contributed by atoms with Crippen molar-refractivity contribution in [3.63, 3.8) is 0 Å². The zero-order valence-corrected chi connectivity index (χ0v) is 19.2. The molecule has 10 nitrogen and oxygen atoms in total. The Kier molecular flexibility index (Phi) is 7.37. The Morgan fingerprint density at radius 1 is 0.857 bits per heavy atom. The minimum atomic E-state index is -0.530. The van der Waals surface area contributed by atoms with E-state index in [1.54, 1.807) is 30.3 Å². The molecule has 10 heteroatoms. The van der Waals surface area contributed by atoms with Gasteiger partial charge in [-0.15, -0.1) is 0 Å². The quantitative estimate of drug-likeness (QED) is 0.529. The predicted octanol–water partition coefficient (Wildman–Crippen LogP) is 1.62. The van der Waals surface area contributed by atoms with Crippen LogP contribution >= 0.6 is 0 Å². The molecule has 2 N–H and O–H groups in total. The van der Waals surface area contributed by atoms with E-state index in [2.05, 4.69) is 0 Å². The smallest absolute Gasteiger partial charge is 0.253 e. The molecule has 0 radical (unpaired) electrons. The molecular formula is C25H23N5O5. The monoisotopic (exact) mass is 473 g/mol. The predicted molar refractivity (Wildman–Crippen MR) is 126 cm³/mol. The van der Waals surface area contributed by atoms with Crippen LogP contribution in [-0.2, 0) is 13.1 Å². The summed E-state index contributed by atoms with van der Waals surface area (Å²) in [6.07, 6.45) is 0. The topological polar surface area (TPSA) is 152 Å². The lowest BCUT2D eigenvalue weighted by molar-refractivity contribution is 0.0739. The minimum absolute atomic E-state index is 0.0364. The van der Waals surface area contributed by atoms with Crippen LogP contribution in [0.4, 0.5) is 0 Å². The van der Waals surface area contributed by atoms with Crippen LogP contribution in [0, 0.1) is 36.5 Å². The Hall–Kier alpha value is -4.83. The summed E-state index contributed by atoms with van der Waals surface area (Å²) in [5.74, 6) is -1.38. The number of carbonyl (C=O) groups is 1. The van der Waals surface area contributed by atoms with Crippen molar-refractivity contribution in [2.45, 2.75) is 26.9 Å². The molecular weight excluding hydrogens is 450 g/mol. The van der Waals surface area contributed by atoms with Crippen molar-refractivity contribution in [2.24, 2.45) is 0 Å². The maximum Gasteiger partial charge on any atom is 0.253 e. The third-order valence-corrected chi connectivity index (χ3v) is 5.68. The molecule has 1 amide bonds. The first-order chi connectivity index (χ1) is 16.7. The van der Waals surface area contributed by atoms with Crippen LogP contribution < -0.4 is 11.1 Å². The van der Waals surface area contributed by atoms with Crippen molar-refractivity contribution < 1.29 is 15.0 Å². The molecule has 0 atom stereocenters. The van der Waals surface area contributed by atoms with Gasteiger partial charge >= 0.3 is 0 Å². The number of aryl methyl sites for hydroxylation is 2. The number of aromatic hydroxyl groups is 2. The number of nitrogens with zero attached hydrogens (tertiary/aromatic N) is 5. The van der Waals surface area contributed by atoms with E-state index in [4.69, 9.17) is 0 Å². The highest BCUT2D eigenvalue weighted by molar-refractivity contribution is 5.94. The first-order valence-electron chi connectivity index (χ1n) is 10.7. The van der Waals surface area contributed by atoms with Gasteiger partial charge in [-0.05, 0) is 37.1 Å². The third-order valence-electron chi connectivity index (χ3n) is 5.68. The first kappa shape index (κ1) is 24.8. The van der Waals surface area contributed by atoms with E-state index in [0.717, 1.165) is 9.13 Å². The van der Waals surface area contributed by atoms with Crippen LogP contribution in [0.5, 0.6) is 11.8 Å². The molecule has 3 aromatic rings. The number of carbonyl (C=O) groups excluding carboxylic acids is 1. The molecule has 0 bridgehead atoms. The second kappa shape index (κ2) is 10.4. The normalized spacial score (nSPS) is 10.4. The number of hydrogen-bond donors (Lipinski definition) is 2. The van der Waals surface area contributed by atoms with E-state index in [1.807, 2.05) is 12.1 Å². The van der Waals surface area contributed by atoms with Gasteiger partial charge < -0.3 is 15.1 Å². The van der Waals surface area contributed by atoms with Gasteiger partial charge in [-0.1, -0.05) is 18.2 Å². The second-order valence-corrected chi connectivity index (χ2v) is 7.91. The average molecular weight is 473 g/mol. The van der Waals surface area contributed by atoms with Crippen molar-refractivity contribution >= 4 is 5.91 Å². The van der Waals surface area contributed by atoms with Crippen molar-refractivity contribution in [3.05, 3.63) is 91.0 Å². The molecule has 0 saturated heterocycles. The summed E-state index contributed by atoms with van der Waals surface area (Å²) >= 11 is 0. The van der Waals surface area contributed by atoms with Crippen molar-refractivity contribution in [1.82, 2.24) is 14.0 Å². The van der Waals surface area contributed by atoms with Crippen molar-refractivity contribution in [3.8, 4) is 23.9 Å². The number of rotatable bonds is 7. The molecule has 0 aliphatic heterocycles. The van der Waals surface area contributed by atoms with Crippen molar-refractivity contribution in [2.75, 3.05) is 13.1 Å². The molecule has 178 valence electrons. The number of amides is 1. The van der Waals surface area contributed by atoms with Gasteiger partial charge in [-0.2, -0.15) is 10.5 Å². The molecule has 0 aliphatic carbocycles. The summed E-state index contributed by atoms with van der Waals surface area (Å²) < 4.78 is 2.00. The molecule has 0 aliphatic rings. The van der Waals surface area contributed by atoms with E-state index in [1.165, 1.54) is 30.9 Å². The van der Waals surface area contributed by atoms with Gasteiger partial charge in [-0.3, -0.25) is 23.5 Å². The van der Waals surface area contributed by atoms with E-state index in [0.29, 0.717) is 16.7 Å². The Balaban J connectivity index is 1.93. The van der Waals surface area contributed by atoms with Crippen LogP contribution in [0.3, 0.4) is 0 Å². The molecule has 0 unspecified atom stereocenters. The van der Waals surface area contributed by atoms with Gasteiger partial charge in [0.2, 0.25) is 11.8 Å². The Bertz CT molecular complexity index is 1390. The third kappa shape index (κ3) is 5.07. The van der Waals surface area contributed by atoms with Gasteiger partial charge in [0.1, 0.15) is 23.3 Å². The van der Waals surface area contributed by atoms with Gasteiger partial charge in [0.25, 0.3) is 17.0 Å². The first-order valence-corrected chi connectivity index (χ1v) is 10.7. The summed E-state index contributed by atoms with van der Waals surface area (Å²) in [5, 5.41) is 39.4. The molecule has 2 heterocycles. The summed E-state index contributed by atoms with van der Waals surface area (Å²) in [6, 6.07) is 14.5. The highest BCUT2D eigenvalue weighted by Crippen LogP contribution is 2.19. The van der Waals surface area contributed by atoms with Crippen LogP contribution in [0.2, 0.25) is 0 Å². The van der Waals surface area contributed by atoms with Crippen LogP contribution in [0.1, 0.15) is 32.6 Å². The summed E-state index contributed by atoms with van der Waals surface area (Å²) in [7, 11) is 0. The Labute approximate surface area is 200 Å². The molecule has 3 rings (SSSR count). The fourth-order valence-corrected chi connectivity index (χ4v) is 3.73. The number of benzene rings is 1. The molecule has 35 heavy (non-hydrogen) atoms. The molecule has 1 aromatic carbocycles. The number of aromatic nitrogens is 2. The Morgan fingerprint density at radius 2 is 1.29 bits per heavy atom. The fraction of sp³-hybridized carbons (Fsp3) is 0.240. The largest absolute Gasteiger partial charge is 0.493 e. The zero-order chi connectivity index (χ0) is 25.7. The van der Waals surface area contributed by atoms with Gasteiger partial charge in [0, 0.05) is 43.9 Å². The van der Waals surface area contributed by atoms with Gasteiger partial charge in [0.15, 0.2) is 0 Å². The maximum atomic E-state index is 13.2. The van der Waals surface area contributed by atoms with Crippen molar-refractivity contribution in [1.29, 1.82) is 10.5 Å². The fourth-order valence-electron chi connectivity index (χ4n) is 3.73. The van der Waals surface area contributed by atoms with Gasteiger partial charge in [-0.25, -0.2) is 0 Å². The van der Waals surface area contributed by atoms with E-state index in [-0.39, 0.29) is 37.3 Å². The molecule has 0 fully saturated rings. The molecule has 0 spiro atoms. The number of nitriles is 2. The zero-order valence-electron chi connectivity index (χ0n) is 19.2. The highest BCUT2D eigenvalue weighted by atomic mass is 16.3. The number of pyridine rings is 2. The van der Waals surface area contributed by atoms with Gasteiger partial charge in [0.05, 0.1) is 0 Å². The van der Waals surface area contributed by atoms with Crippen LogP contribution in [0.15, 0.2) is 52.1 Å². The second-order valence-electron chi connectivity index (χ2n) is 7.91. The summed E-state index contributed by atoms with van der Waals surface area (Å²) in [4.78, 5) is 39.4.